The van der Waals surface area contributed by atoms with Crippen molar-refractivity contribution in [3.05, 3.63) is 75.7 Å². The third-order valence-corrected chi connectivity index (χ3v) is 6.69. The van der Waals surface area contributed by atoms with Crippen LogP contribution in [0.2, 0.25) is 0 Å². The maximum Gasteiger partial charge on any atom is 0.341 e. The van der Waals surface area contributed by atoms with Crippen LogP contribution in [0.4, 0.5) is 20.2 Å². The van der Waals surface area contributed by atoms with Gasteiger partial charge in [0, 0.05) is 50.0 Å². The van der Waals surface area contributed by atoms with Crippen LogP contribution < -0.4 is 15.2 Å². The first-order valence-electron chi connectivity index (χ1n) is 11.4. The van der Waals surface area contributed by atoms with Gasteiger partial charge in [-0.3, -0.25) is 9.78 Å². The molecule has 0 spiro atoms. The number of aromatic carboxylic acids is 1. The number of anilines is 2. The van der Waals surface area contributed by atoms with E-state index in [1.165, 1.54) is 24.5 Å². The summed E-state index contributed by atoms with van der Waals surface area (Å²) in [5, 5.41) is 9.92. The molecule has 3 heterocycles. The van der Waals surface area contributed by atoms with Gasteiger partial charge in [0.25, 0.3) is 0 Å². The summed E-state index contributed by atoms with van der Waals surface area (Å²) >= 11 is 0. The Morgan fingerprint density at radius 2 is 1.77 bits per heavy atom. The highest BCUT2D eigenvalue weighted by atomic mass is 19.1. The lowest BCUT2D eigenvalue weighted by molar-refractivity contribution is 0.0695. The number of hydrogen-bond donors (Lipinski definition) is 1. The van der Waals surface area contributed by atoms with E-state index in [0.29, 0.717) is 55.0 Å². The maximum atomic E-state index is 15.4. The molecule has 5 rings (SSSR count). The van der Waals surface area contributed by atoms with Crippen molar-refractivity contribution in [1.29, 1.82) is 0 Å². The van der Waals surface area contributed by atoms with Gasteiger partial charge in [0.1, 0.15) is 17.2 Å². The first kappa shape index (κ1) is 22.8. The zero-order valence-corrected chi connectivity index (χ0v) is 19.4. The predicted molar refractivity (Wildman–Crippen MR) is 132 cm³/mol. The molecular weight excluding hydrogens is 454 g/mol. The summed E-state index contributed by atoms with van der Waals surface area (Å²) < 4.78 is 31.0. The van der Waals surface area contributed by atoms with E-state index in [1.54, 1.807) is 23.6 Å². The highest BCUT2D eigenvalue weighted by molar-refractivity contribution is 6.07. The Labute approximate surface area is 199 Å². The SMILES string of the molecule is CCn1cc(C(=O)O)c(=O)c2c3cc(F)c(N4CCN(c5ccc(C)c(F)c5)CC4)cc3ncc21. The van der Waals surface area contributed by atoms with Crippen molar-refractivity contribution in [1.82, 2.24) is 9.55 Å². The molecule has 4 aromatic rings. The van der Waals surface area contributed by atoms with Crippen LogP contribution in [0.3, 0.4) is 0 Å². The molecule has 2 aromatic heterocycles. The third-order valence-electron chi connectivity index (χ3n) is 6.69. The summed E-state index contributed by atoms with van der Waals surface area (Å²) in [7, 11) is 0. The van der Waals surface area contributed by atoms with Crippen molar-refractivity contribution < 1.29 is 18.7 Å². The van der Waals surface area contributed by atoms with E-state index in [2.05, 4.69) is 9.88 Å². The lowest BCUT2D eigenvalue weighted by Gasteiger charge is -2.37. The van der Waals surface area contributed by atoms with Crippen LogP contribution in [0.5, 0.6) is 0 Å². The van der Waals surface area contributed by atoms with Crippen LogP contribution in [0.15, 0.2) is 47.5 Å². The minimum Gasteiger partial charge on any atom is -0.477 e. The van der Waals surface area contributed by atoms with Crippen molar-refractivity contribution in [2.45, 2.75) is 20.4 Å². The van der Waals surface area contributed by atoms with E-state index in [0.717, 1.165) is 5.69 Å². The lowest BCUT2D eigenvalue weighted by atomic mass is 10.1. The molecule has 0 amide bonds. The van der Waals surface area contributed by atoms with Crippen LogP contribution in [-0.4, -0.2) is 46.8 Å². The topological polar surface area (TPSA) is 78.7 Å². The summed E-state index contributed by atoms with van der Waals surface area (Å²) in [5.41, 5.74) is 1.61. The van der Waals surface area contributed by atoms with Crippen molar-refractivity contribution in [3.8, 4) is 0 Å². The Hall–Kier alpha value is -4.01. The molecule has 0 bridgehead atoms. The lowest BCUT2D eigenvalue weighted by Crippen LogP contribution is -2.46. The molecule has 0 atom stereocenters. The van der Waals surface area contributed by atoms with Crippen LogP contribution in [0.25, 0.3) is 21.8 Å². The highest BCUT2D eigenvalue weighted by Crippen LogP contribution is 2.30. The number of halogens is 2. The van der Waals surface area contributed by atoms with Crippen LogP contribution in [0.1, 0.15) is 22.8 Å². The maximum absolute atomic E-state index is 15.4. The second-order valence-electron chi connectivity index (χ2n) is 8.71. The van der Waals surface area contributed by atoms with Crippen molar-refractivity contribution in [2.75, 3.05) is 36.0 Å². The van der Waals surface area contributed by atoms with Gasteiger partial charge in [-0.15, -0.1) is 0 Å². The Bertz CT molecular complexity index is 1540. The fourth-order valence-electron chi connectivity index (χ4n) is 4.71. The van der Waals surface area contributed by atoms with E-state index < -0.39 is 17.2 Å². The first-order valence-corrected chi connectivity index (χ1v) is 11.4. The first-order chi connectivity index (χ1) is 16.8. The smallest absolute Gasteiger partial charge is 0.341 e. The minimum absolute atomic E-state index is 0.147. The molecule has 0 radical (unpaired) electrons. The number of fused-ring (bicyclic) bond motifs is 3. The molecule has 1 aliphatic rings. The molecule has 1 N–H and O–H groups in total. The Morgan fingerprint density at radius 3 is 2.43 bits per heavy atom. The van der Waals surface area contributed by atoms with Gasteiger partial charge in [-0.1, -0.05) is 6.07 Å². The molecule has 7 nitrogen and oxygen atoms in total. The van der Waals surface area contributed by atoms with Gasteiger partial charge in [0.05, 0.1) is 28.3 Å². The van der Waals surface area contributed by atoms with Crippen molar-refractivity contribution in [3.63, 3.8) is 0 Å². The van der Waals surface area contributed by atoms with E-state index in [4.69, 9.17) is 0 Å². The molecule has 9 heteroatoms. The predicted octanol–water partition coefficient (Wildman–Crippen LogP) is 4.18. The Morgan fingerprint density at radius 1 is 1.06 bits per heavy atom. The fraction of sp³-hybridized carbons (Fsp3) is 0.269. The molecule has 0 unspecified atom stereocenters. The van der Waals surface area contributed by atoms with E-state index in [1.807, 2.05) is 17.9 Å². The standard InChI is InChI=1S/C26H24F2N4O3/c1-3-30-14-18(26(34)35)25(33)24-17-11-20(28)22(12-21(17)29-13-23(24)30)32-8-6-31(7-9-32)16-5-4-15(2)19(27)10-16/h4-5,10-14H,3,6-9H2,1-2H3,(H,34,35). The number of carboxylic acid groups (broad SMARTS) is 1. The number of nitrogens with zero attached hydrogens (tertiary/aromatic N) is 4. The molecule has 0 aliphatic carbocycles. The van der Waals surface area contributed by atoms with Crippen LogP contribution >= 0.6 is 0 Å². The zero-order valence-electron chi connectivity index (χ0n) is 19.4. The second-order valence-corrected chi connectivity index (χ2v) is 8.71. The number of carboxylic acids is 1. The number of pyridine rings is 2. The quantitative estimate of drug-likeness (QED) is 0.444. The number of piperazine rings is 1. The summed E-state index contributed by atoms with van der Waals surface area (Å²) in [6, 6.07) is 8.03. The van der Waals surface area contributed by atoms with E-state index >= 15 is 4.39 Å². The number of aryl methyl sites for hydroxylation is 2. The fourth-order valence-corrected chi connectivity index (χ4v) is 4.71. The van der Waals surface area contributed by atoms with Gasteiger partial charge in [0.15, 0.2) is 0 Å². The number of carbonyl (C=O) groups is 1. The zero-order chi connectivity index (χ0) is 24.9. The summed E-state index contributed by atoms with van der Waals surface area (Å²) in [6.45, 7) is 6.21. The summed E-state index contributed by atoms with van der Waals surface area (Å²) in [5.74, 6) is -2.09. The van der Waals surface area contributed by atoms with Crippen LogP contribution in [-0.2, 0) is 6.54 Å². The number of benzene rings is 2. The van der Waals surface area contributed by atoms with Gasteiger partial charge in [-0.2, -0.15) is 0 Å². The van der Waals surface area contributed by atoms with E-state index in [-0.39, 0.29) is 22.2 Å². The Balaban J connectivity index is 1.52. The van der Waals surface area contributed by atoms with Gasteiger partial charge < -0.3 is 19.5 Å². The molecule has 2 aromatic carbocycles. The van der Waals surface area contributed by atoms with Crippen LogP contribution in [0, 0.1) is 18.6 Å². The Kier molecular flexibility index (Phi) is 5.62. The summed E-state index contributed by atoms with van der Waals surface area (Å²) in [4.78, 5) is 33.0. The van der Waals surface area contributed by atoms with Crippen molar-refractivity contribution >= 4 is 39.1 Å². The monoisotopic (exact) mass is 478 g/mol. The molecule has 180 valence electrons. The average Bonchev–Trinajstić information content (AvgIpc) is 2.85. The molecule has 1 aliphatic heterocycles. The second kappa shape index (κ2) is 8.65. The number of hydrogen-bond acceptors (Lipinski definition) is 5. The van der Waals surface area contributed by atoms with Gasteiger partial charge in [-0.25, -0.2) is 13.6 Å². The molecule has 35 heavy (non-hydrogen) atoms. The third kappa shape index (κ3) is 3.86. The van der Waals surface area contributed by atoms with Gasteiger partial charge >= 0.3 is 5.97 Å². The molecule has 0 saturated carbocycles. The molecular formula is C26H24F2N4O3. The minimum atomic E-state index is -1.33. The van der Waals surface area contributed by atoms with Gasteiger partial charge in [0.2, 0.25) is 5.43 Å². The van der Waals surface area contributed by atoms with E-state index in [9.17, 15) is 19.1 Å². The van der Waals surface area contributed by atoms with Gasteiger partial charge in [-0.05, 0) is 43.7 Å². The largest absolute Gasteiger partial charge is 0.477 e. The highest BCUT2D eigenvalue weighted by Gasteiger charge is 2.23. The number of rotatable bonds is 4. The van der Waals surface area contributed by atoms with Crippen molar-refractivity contribution in [2.24, 2.45) is 0 Å². The normalized spacial score (nSPS) is 14.2. The summed E-state index contributed by atoms with van der Waals surface area (Å²) in [6.07, 6.45) is 2.82. The molecule has 1 fully saturated rings. The number of aromatic nitrogens is 2. The molecule has 1 saturated heterocycles. The average molecular weight is 478 g/mol.